The number of aliphatic carboxylic acids is 2. The van der Waals surface area contributed by atoms with E-state index in [9.17, 15) is 24.6 Å². The van der Waals surface area contributed by atoms with Crippen LogP contribution in [0.1, 0.15) is 122 Å². The molecular formula is C34H54N2O7. The topological polar surface area (TPSA) is 125 Å². The first kappa shape index (κ1) is 31.3. The molecule has 4 aliphatic carbocycles. The van der Waals surface area contributed by atoms with Crippen LogP contribution in [0.25, 0.3) is 0 Å². The summed E-state index contributed by atoms with van der Waals surface area (Å²) in [6.45, 7) is 1.18. The second-order valence-corrected chi connectivity index (χ2v) is 15.1. The van der Waals surface area contributed by atoms with E-state index in [1.165, 1.54) is 64.2 Å². The second kappa shape index (κ2) is 13.3. The number of carboxylic acids is 2. The van der Waals surface area contributed by atoms with Crippen LogP contribution in [0.2, 0.25) is 0 Å². The molecule has 9 nitrogen and oxygen atoms in total. The smallest absolute Gasteiger partial charge is 0.309 e. The minimum Gasteiger partial charge on any atom is -0.481 e. The third-order valence-corrected chi connectivity index (χ3v) is 12.6. The summed E-state index contributed by atoms with van der Waals surface area (Å²) in [5.41, 5.74) is 1.72. The second-order valence-electron chi connectivity index (χ2n) is 15.1. The van der Waals surface area contributed by atoms with Crippen molar-refractivity contribution in [3.63, 3.8) is 0 Å². The number of hydrogen-bond donors (Lipinski definition) is 3. The molecule has 43 heavy (non-hydrogen) atoms. The minimum absolute atomic E-state index is 0.0283. The molecule has 0 aromatic heterocycles. The van der Waals surface area contributed by atoms with Gasteiger partial charge in [0.1, 0.15) is 11.6 Å². The Bertz CT molecular complexity index is 1010. The lowest BCUT2D eigenvalue weighted by molar-refractivity contribution is -0.263. The summed E-state index contributed by atoms with van der Waals surface area (Å²) in [5.74, 6) is -0.328. The van der Waals surface area contributed by atoms with Gasteiger partial charge < -0.3 is 19.8 Å². The van der Waals surface area contributed by atoms with Crippen molar-refractivity contribution < 1.29 is 34.2 Å². The van der Waals surface area contributed by atoms with Gasteiger partial charge in [-0.3, -0.25) is 19.2 Å². The van der Waals surface area contributed by atoms with Gasteiger partial charge in [-0.05, 0) is 75.0 Å². The monoisotopic (exact) mass is 602 g/mol. The summed E-state index contributed by atoms with van der Waals surface area (Å²) in [5, 5.41) is 20.2. The SMILES string of the molecule is O=C(O)C1CC(CC2CCCCC2)CCC12NOC2CCOCCN1C(=O)C12CCC(CC1CCCCC1)CC2C(=O)O. The van der Waals surface area contributed by atoms with Crippen molar-refractivity contribution in [3.05, 3.63) is 0 Å². The minimum atomic E-state index is -0.841. The van der Waals surface area contributed by atoms with Gasteiger partial charge in [0, 0.05) is 19.6 Å². The summed E-state index contributed by atoms with van der Waals surface area (Å²) in [7, 11) is 0. The van der Waals surface area contributed by atoms with Crippen LogP contribution >= 0.6 is 0 Å². The van der Waals surface area contributed by atoms with Gasteiger partial charge in [0.15, 0.2) is 0 Å². The van der Waals surface area contributed by atoms with Gasteiger partial charge in [0.05, 0.1) is 24.0 Å². The largest absolute Gasteiger partial charge is 0.481 e. The molecule has 1 amide bonds. The van der Waals surface area contributed by atoms with Crippen LogP contribution in [0.5, 0.6) is 0 Å². The van der Waals surface area contributed by atoms with Crippen molar-refractivity contribution in [1.29, 1.82) is 0 Å². The van der Waals surface area contributed by atoms with Gasteiger partial charge in [0.2, 0.25) is 5.91 Å². The lowest BCUT2D eigenvalue weighted by Gasteiger charge is -2.56. The predicted molar refractivity (Wildman–Crippen MR) is 160 cm³/mol. The number of nitrogens with zero attached hydrogens (tertiary/aromatic N) is 1. The highest BCUT2D eigenvalue weighted by Crippen LogP contribution is 2.53. The summed E-state index contributed by atoms with van der Waals surface area (Å²) < 4.78 is 5.95. The first-order valence-corrected chi connectivity index (χ1v) is 17.6. The average molecular weight is 603 g/mol. The number of amides is 1. The molecule has 9 heteroatoms. The number of carboxylic acid groups (broad SMARTS) is 2. The van der Waals surface area contributed by atoms with Crippen molar-refractivity contribution in [2.45, 2.75) is 139 Å². The van der Waals surface area contributed by atoms with Gasteiger partial charge >= 0.3 is 11.9 Å². The average Bonchev–Trinajstić information content (AvgIpc) is 3.56. The first-order chi connectivity index (χ1) is 20.8. The van der Waals surface area contributed by atoms with Gasteiger partial charge in [-0.1, -0.05) is 64.2 Å². The van der Waals surface area contributed by atoms with E-state index in [-0.39, 0.29) is 12.0 Å². The third-order valence-electron chi connectivity index (χ3n) is 12.6. The summed E-state index contributed by atoms with van der Waals surface area (Å²) in [6.07, 6.45) is 20.4. The maximum atomic E-state index is 13.0. The molecule has 4 saturated carbocycles. The molecule has 7 unspecified atom stereocenters. The molecule has 6 aliphatic rings. The highest BCUT2D eigenvalue weighted by Gasteiger charge is 2.69. The number of nitrogens with one attached hydrogen (secondary N) is 1. The van der Waals surface area contributed by atoms with Crippen molar-refractivity contribution in [2.24, 2.45) is 35.5 Å². The van der Waals surface area contributed by atoms with E-state index in [0.29, 0.717) is 57.3 Å². The van der Waals surface area contributed by atoms with Crippen LogP contribution < -0.4 is 5.48 Å². The van der Waals surface area contributed by atoms with E-state index < -0.39 is 34.9 Å². The molecule has 2 heterocycles. The van der Waals surface area contributed by atoms with Crippen LogP contribution in [0.3, 0.4) is 0 Å². The van der Waals surface area contributed by atoms with Gasteiger partial charge in [-0.25, -0.2) is 0 Å². The van der Waals surface area contributed by atoms with Crippen molar-refractivity contribution in [3.8, 4) is 0 Å². The number of ether oxygens (including phenoxy) is 1. The molecule has 2 saturated heterocycles. The van der Waals surface area contributed by atoms with E-state index >= 15 is 0 Å². The molecule has 6 fully saturated rings. The van der Waals surface area contributed by atoms with E-state index in [4.69, 9.17) is 9.57 Å². The fourth-order valence-electron chi connectivity index (χ4n) is 10.1. The molecule has 0 radical (unpaired) electrons. The van der Waals surface area contributed by atoms with Gasteiger partial charge in [-0.15, -0.1) is 0 Å². The highest BCUT2D eigenvalue weighted by atomic mass is 16.7. The lowest BCUT2D eigenvalue weighted by Crippen LogP contribution is -2.73. The normalized spacial score (nSPS) is 38.7. The summed E-state index contributed by atoms with van der Waals surface area (Å²) >= 11 is 0. The Hall–Kier alpha value is -1.71. The summed E-state index contributed by atoms with van der Waals surface area (Å²) in [4.78, 5) is 45.1. The number of carbonyl (C=O) groups is 3. The number of rotatable bonds is 12. The number of hydroxylamine groups is 1. The van der Waals surface area contributed by atoms with E-state index in [0.717, 1.165) is 43.9 Å². The maximum absolute atomic E-state index is 13.0. The zero-order valence-corrected chi connectivity index (χ0v) is 26.0. The molecule has 2 aliphatic heterocycles. The van der Waals surface area contributed by atoms with Crippen LogP contribution in [0.4, 0.5) is 0 Å². The van der Waals surface area contributed by atoms with Crippen LogP contribution in [0.15, 0.2) is 0 Å². The zero-order valence-electron chi connectivity index (χ0n) is 26.0. The number of hydrogen-bond acceptors (Lipinski definition) is 6. The highest BCUT2D eigenvalue weighted by molar-refractivity contribution is 6.06. The zero-order chi connectivity index (χ0) is 30.0. The standard InChI is InChI=1S/C34H54N2O7/c37-30(38)27-21-25(19-23-7-3-1-4-8-23)11-14-33(27)29(43-35-33)13-17-42-18-16-36-32(41)34(36)15-12-26(22-28(34)31(39)40)20-24-9-5-2-6-10-24/h23-29,35H,1-22H2,(H,37,38)(H,39,40). The third kappa shape index (κ3) is 6.37. The number of carbonyl (C=O) groups excluding carboxylic acids is 1. The van der Waals surface area contributed by atoms with Crippen molar-refractivity contribution in [2.75, 3.05) is 19.8 Å². The molecule has 2 spiro atoms. The summed E-state index contributed by atoms with van der Waals surface area (Å²) in [6, 6.07) is 0. The van der Waals surface area contributed by atoms with E-state index in [1.807, 2.05) is 0 Å². The Morgan fingerprint density at radius 1 is 0.791 bits per heavy atom. The fraction of sp³-hybridized carbons (Fsp3) is 0.912. The predicted octanol–water partition coefficient (Wildman–Crippen LogP) is 5.56. The Balaban J connectivity index is 0.943. The molecule has 242 valence electrons. The lowest BCUT2D eigenvalue weighted by atomic mass is 9.63. The first-order valence-electron chi connectivity index (χ1n) is 17.6. The Morgan fingerprint density at radius 3 is 1.93 bits per heavy atom. The Morgan fingerprint density at radius 2 is 1.37 bits per heavy atom. The molecule has 6 rings (SSSR count). The van der Waals surface area contributed by atoms with Gasteiger partial charge in [0.25, 0.3) is 0 Å². The quantitative estimate of drug-likeness (QED) is 0.196. The van der Waals surface area contributed by atoms with Crippen LogP contribution in [-0.4, -0.2) is 69.9 Å². The van der Waals surface area contributed by atoms with Crippen molar-refractivity contribution in [1.82, 2.24) is 10.4 Å². The van der Waals surface area contributed by atoms with Crippen LogP contribution in [0, 0.1) is 35.5 Å². The van der Waals surface area contributed by atoms with Gasteiger partial charge in [-0.2, -0.15) is 5.48 Å². The maximum Gasteiger partial charge on any atom is 0.309 e. The Labute approximate surface area is 256 Å². The molecule has 0 aromatic carbocycles. The molecule has 0 aromatic rings. The van der Waals surface area contributed by atoms with Crippen molar-refractivity contribution >= 4 is 17.8 Å². The molecule has 7 atom stereocenters. The molecule has 0 bridgehead atoms. The van der Waals surface area contributed by atoms with E-state index in [1.54, 1.807) is 4.90 Å². The Kier molecular flexibility index (Phi) is 9.70. The fourth-order valence-corrected chi connectivity index (χ4v) is 10.1. The molecular weight excluding hydrogens is 548 g/mol. The van der Waals surface area contributed by atoms with Crippen LogP contribution in [-0.2, 0) is 24.0 Å². The van der Waals surface area contributed by atoms with E-state index in [2.05, 4.69) is 5.48 Å². The molecule has 3 N–H and O–H groups in total.